The molecule has 9 rings (SSSR count). The fourth-order valence-corrected chi connectivity index (χ4v) is 7.44. The smallest absolute Gasteiger partial charge is 0.164 e. The van der Waals surface area contributed by atoms with Crippen molar-refractivity contribution in [3.63, 3.8) is 0 Å². The topological polar surface area (TPSA) is 38.7 Å². The monoisotopic (exact) mass is 648 g/mol. The van der Waals surface area contributed by atoms with Gasteiger partial charge in [0.2, 0.25) is 0 Å². The van der Waals surface area contributed by atoms with Gasteiger partial charge >= 0.3 is 0 Å². The van der Waals surface area contributed by atoms with Gasteiger partial charge in [-0.2, -0.15) is 0 Å². The van der Waals surface area contributed by atoms with E-state index < -0.39 is 6.04 Å². The van der Waals surface area contributed by atoms with Crippen LogP contribution in [-0.2, 0) is 0 Å². The van der Waals surface area contributed by atoms with Crippen LogP contribution in [0.5, 0.6) is 0 Å². The first-order valence-corrected chi connectivity index (χ1v) is 16.8. The predicted molar refractivity (Wildman–Crippen MR) is 205 cm³/mol. The van der Waals surface area contributed by atoms with Crippen molar-refractivity contribution in [2.24, 2.45) is 0 Å². The lowest BCUT2D eigenvalue weighted by Gasteiger charge is -2.12. The zero-order valence-corrected chi connectivity index (χ0v) is 26.9. The summed E-state index contributed by atoms with van der Waals surface area (Å²) in [5, 5.41) is 2.17. The maximum atomic E-state index is 8.64. The van der Waals surface area contributed by atoms with Crippen LogP contribution < -0.4 is 0 Å². The Bertz CT molecular complexity index is 2810. The Morgan fingerprint density at radius 1 is 0.388 bits per heavy atom. The highest BCUT2D eigenvalue weighted by atomic mass is 32.1. The Balaban J connectivity index is 1.19. The van der Waals surface area contributed by atoms with Gasteiger partial charge in [-0.15, -0.1) is 11.3 Å². The normalized spacial score (nSPS) is 12.7. The number of thiophene rings is 1. The molecule has 2 aromatic heterocycles. The standard InChI is InChI=1S/C45H29N3S/c1-4-14-30(15-5-1)36-22-10-11-23-37(36)35-21-12-20-33(28-35)34-26-27-40-39(29-34)42-38(24-13-25-41(42)49-40)45-47-43(31-16-6-2-7-17-31)46-44(48-45)32-18-8-3-9-19-32/h1-29H/i1D,4D,5D,14D,15D. The lowest BCUT2D eigenvalue weighted by atomic mass is 9.92. The van der Waals surface area contributed by atoms with Gasteiger partial charge in [0.05, 0.1) is 6.85 Å². The first-order valence-electron chi connectivity index (χ1n) is 18.5. The van der Waals surface area contributed by atoms with Crippen molar-refractivity contribution in [2.45, 2.75) is 0 Å². The maximum Gasteiger partial charge on any atom is 0.164 e. The van der Waals surface area contributed by atoms with Gasteiger partial charge in [0.1, 0.15) is 0 Å². The second-order valence-electron chi connectivity index (χ2n) is 11.7. The van der Waals surface area contributed by atoms with Gasteiger partial charge in [-0.1, -0.05) is 152 Å². The molecule has 0 saturated heterocycles. The Morgan fingerprint density at radius 2 is 0.939 bits per heavy atom. The van der Waals surface area contributed by atoms with Crippen LogP contribution in [0.25, 0.3) is 87.7 Å². The SMILES string of the molecule is [2H]c1c([2H])c([2H])c(-c2ccccc2-c2cccc(-c3ccc4sc5cccc(-c6nc(-c7ccccc7)nc(-c7ccccc7)n6)c5c4c3)c2)c([2H])c1[2H]. The van der Waals surface area contributed by atoms with E-state index in [1.54, 1.807) is 11.3 Å². The molecule has 0 unspecified atom stereocenters. The summed E-state index contributed by atoms with van der Waals surface area (Å²) in [5.74, 6) is 1.82. The molecule has 0 atom stereocenters. The van der Waals surface area contributed by atoms with Gasteiger partial charge in [0.15, 0.2) is 17.5 Å². The van der Waals surface area contributed by atoms with Crippen LogP contribution in [0.4, 0.5) is 0 Å². The third-order valence-electron chi connectivity index (χ3n) is 8.64. The molecule has 4 heteroatoms. The van der Waals surface area contributed by atoms with Crippen LogP contribution in [0.1, 0.15) is 6.85 Å². The molecular weight excluding hydrogens is 615 g/mol. The van der Waals surface area contributed by atoms with Gasteiger partial charge in [-0.25, -0.2) is 15.0 Å². The second-order valence-corrected chi connectivity index (χ2v) is 12.7. The van der Waals surface area contributed by atoms with Crippen molar-refractivity contribution in [2.75, 3.05) is 0 Å². The molecule has 230 valence electrons. The number of fused-ring (bicyclic) bond motifs is 3. The van der Waals surface area contributed by atoms with Crippen molar-refractivity contribution in [1.82, 2.24) is 15.0 Å². The van der Waals surface area contributed by atoms with Gasteiger partial charge in [0, 0.05) is 36.9 Å². The van der Waals surface area contributed by atoms with E-state index >= 15 is 0 Å². The molecule has 0 bridgehead atoms. The molecule has 0 aliphatic rings. The van der Waals surface area contributed by atoms with Crippen molar-refractivity contribution in [3.05, 3.63) is 176 Å². The first-order chi connectivity index (χ1) is 26.4. The summed E-state index contributed by atoms with van der Waals surface area (Å²) < 4.78 is 44.2. The average Bonchev–Trinajstić information content (AvgIpc) is 3.61. The summed E-state index contributed by atoms with van der Waals surface area (Å²) in [6.45, 7) is 0. The van der Waals surface area contributed by atoms with E-state index in [9.17, 15) is 0 Å². The number of aromatic nitrogens is 3. The van der Waals surface area contributed by atoms with Crippen LogP contribution in [0.2, 0.25) is 0 Å². The molecule has 0 spiro atoms. The maximum absolute atomic E-state index is 8.64. The number of benzene rings is 7. The van der Waals surface area contributed by atoms with E-state index in [0.717, 1.165) is 59.1 Å². The van der Waals surface area contributed by atoms with E-state index in [2.05, 4.69) is 48.5 Å². The molecule has 0 fully saturated rings. The minimum absolute atomic E-state index is 0.185. The van der Waals surface area contributed by atoms with Crippen molar-refractivity contribution >= 4 is 31.5 Å². The molecule has 7 aromatic carbocycles. The number of nitrogens with zero attached hydrogens (tertiary/aromatic N) is 3. The van der Waals surface area contributed by atoms with Crippen LogP contribution in [0, 0.1) is 0 Å². The third-order valence-corrected chi connectivity index (χ3v) is 9.77. The zero-order valence-electron chi connectivity index (χ0n) is 31.1. The number of hydrogen-bond donors (Lipinski definition) is 0. The Hall–Kier alpha value is -6.23. The van der Waals surface area contributed by atoms with Crippen molar-refractivity contribution in [3.8, 4) is 67.5 Å². The Labute approximate surface area is 295 Å². The van der Waals surface area contributed by atoms with E-state index in [1.807, 2.05) is 97.1 Å². The molecule has 0 radical (unpaired) electrons. The van der Waals surface area contributed by atoms with Crippen molar-refractivity contribution in [1.29, 1.82) is 0 Å². The van der Waals surface area contributed by atoms with Crippen molar-refractivity contribution < 1.29 is 6.85 Å². The van der Waals surface area contributed by atoms with Gasteiger partial charge in [-0.3, -0.25) is 0 Å². The summed E-state index contributed by atoms with van der Waals surface area (Å²) in [6, 6.07) is 46.8. The van der Waals surface area contributed by atoms with Gasteiger partial charge in [-0.05, 0) is 57.6 Å². The highest BCUT2D eigenvalue weighted by molar-refractivity contribution is 7.26. The average molecular weight is 649 g/mol. The van der Waals surface area contributed by atoms with Crippen LogP contribution in [0.15, 0.2) is 176 Å². The van der Waals surface area contributed by atoms with Gasteiger partial charge < -0.3 is 0 Å². The third kappa shape index (κ3) is 5.48. The highest BCUT2D eigenvalue weighted by Gasteiger charge is 2.17. The van der Waals surface area contributed by atoms with E-state index in [0.29, 0.717) is 23.0 Å². The quantitative estimate of drug-likeness (QED) is 0.180. The molecule has 49 heavy (non-hydrogen) atoms. The highest BCUT2D eigenvalue weighted by Crippen LogP contribution is 2.42. The van der Waals surface area contributed by atoms with E-state index in [1.165, 1.54) is 0 Å². The fraction of sp³-hybridized carbons (Fsp3) is 0. The minimum atomic E-state index is -0.406. The number of hydrogen-bond acceptors (Lipinski definition) is 4. The largest absolute Gasteiger partial charge is 0.208 e. The van der Waals surface area contributed by atoms with E-state index in [4.69, 9.17) is 21.8 Å². The summed E-state index contributed by atoms with van der Waals surface area (Å²) in [6.07, 6.45) is 0. The van der Waals surface area contributed by atoms with E-state index in [-0.39, 0.29) is 29.7 Å². The summed E-state index contributed by atoms with van der Waals surface area (Å²) in [7, 11) is 0. The van der Waals surface area contributed by atoms with Crippen LogP contribution in [0.3, 0.4) is 0 Å². The molecule has 0 aliphatic heterocycles. The molecule has 2 heterocycles. The Kier molecular flexibility index (Phi) is 6.08. The molecule has 0 aliphatic carbocycles. The van der Waals surface area contributed by atoms with Gasteiger partial charge in [0.25, 0.3) is 0 Å². The molecule has 3 nitrogen and oxygen atoms in total. The first kappa shape index (κ1) is 24.0. The lowest BCUT2D eigenvalue weighted by Crippen LogP contribution is -2.00. The zero-order chi connectivity index (χ0) is 36.9. The molecule has 0 saturated carbocycles. The minimum Gasteiger partial charge on any atom is -0.208 e. The van der Waals surface area contributed by atoms with Crippen LogP contribution in [-0.4, -0.2) is 15.0 Å². The fourth-order valence-electron chi connectivity index (χ4n) is 6.33. The molecular formula is C45H29N3S. The molecule has 9 aromatic rings. The lowest BCUT2D eigenvalue weighted by molar-refractivity contribution is 1.08. The number of rotatable bonds is 6. The molecule has 0 amide bonds. The Morgan fingerprint density at radius 3 is 1.65 bits per heavy atom. The summed E-state index contributed by atoms with van der Waals surface area (Å²) >= 11 is 1.73. The predicted octanol–water partition coefficient (Wildman–Crippen LogP) is 12.2. The second kappa shape index (κ2) is 12.4. The van der Waals surface area contributed by atoms with Crippen LogP contribution >= 0.6 is 11.3 Å². The molecule has 0 N–H and O–H groups in total. The summed E-state index contributed by atoms with van der Waals surface area (Å²) in [4.78, 5) is 15.0. The summed E-state index contributed by atoms with van der Waals surface area (Å²) in [5.41, 5.74) is 7.17.